The summed E-state index contributed by atoms with van der Waals surface area (Å²) >= 11 is 1.59. The van der Waals surface area contributed by atoms with Gasteiger partial charge in [-0.2, -0.15) is 0 Å². The van der Waals surface area contributed by atoms with Crippen LogP contribution in [0.25, 0.3) is 21.7 Å². The van der Waals surface area contributed by atoms with Gasteiger partial charge in [0.15, 0.2) is 0 Å². The second-order valence-corrected chi connectivity index (χ2v) is 25.7. The molecule has 7 rings (SSSR count). The summed E-state index contributed by atoms with van der Waals surface area (Å²) in [4.78, 5) is 65.3. The molecule has 0 aliphatic rings. The van der Waals surface area contributed by atoms with E-state index in [4.69, 9.17) is 0 Å². The highest BCUT2D eigenvalue weighted by molar-refractivity contribution is 7.14. The summed E-state index contributed by atoms with van der Waals surface area (Å²) in [6.45, 7) is 37.7. The van der Waals surface area contributed by atoms with Crippen molar-refractivity contribution in [3.63, 3.8) is 0 Å². The lowest BCUT2D eigenvalue weighted by Crippen LogP contribution is -2.39. The number of aromatic nitrogens is 2. The van der Waals surface area contributed by atoms with Crippen LogP contribution in [0, 0.1) is 34.0 Å². The minimum atomic E-state index is -0.400. The molecule has 78 heavy (non-hydrogen) atoms. The molecule has 420 valence electrons. The Balaban J connectivity index is 0.000000258. The second-order valence-electron chi connectivity index (χ2n) is 24.8. The van der Waals surface area contributed by atoms with Gasteiger partial charge in [-0.1, -0.05) is 160 Å². The van der Waals surface area contributed by atoms with E-state index in [1.807, 2.05) is 243 Å². The lowest BCUT2D eigenvalue weighted by Gasteiger charge is -2.28. The first-order valence-electron chi connectivity index (χ1n) is 26.7. The number of amides is 5. The number of para-hydroxylation sites is 2. The van der Waals surface area contributed by atoms with E-state index in [0.29, 0.717) is 12.5 Å². The maximum atomic E-state index is 12.1. The van der Waals surface area contributed by atoms with Crippen molar-refractivity contribution < 1.29 is 24.0 Å². The highest BCUT2D eigenvalue weighted by Crippen LogP contribution is 2.32. The van der Waals surface area contributed by atoms with Crippen LogP contribution in [-0.4, -0.2) is 45.6 Å². The van der Waals surface area contributed by atoms with Crippen molar-refractivity contribution >= 4 is 90.3 Å². The van der Waals surface area contributed by atoms with Crippen LogP contribution in [-0.2, 0) is 31.0 Å². The highest BCUT2D eigenvalue weighted by atomic mass is 32.1. The molecule has 3 heterocycles. The number of carbonyl (C=O) groups excluding carboxylic acids is 5. The van der Waals surface area contributed by atoms with Crippen molar-refractivity contribution in [1.82, 2.24) is 9.55 Å². The summed E-state index contributed by atoms with van der Waals surface area (Å²) < 4.78 is 2.04. The van der Waals surface area contributed by atoms with Gasteiger partial charge in [-0.3, -0.25) is 29.0 Å². The van der Waals surface area contributed by atoms with Gasteiger partial charge < -0.3 is 30.7 Å². The van der Waals surface area contributed by atoms with Crippen molar-refractivity contribution in [2.75, 3.05) is 32.7 Å². The van der Waals surface area contributed by atoms with Crippen molar-refractivity contribution in [3.8, 4) is 0 Å². The summed E-state index contributed by atoms with van der Waals surface area (Å²) in [6, 6.07) is 35.3. The van der Waals surface area contributed by atoms with Gasteiger partial charge in [-0.05, 0) is 108 Å². The van der Waals surface area contributed by atoms with E-state index in [-0.39, 0.29) is 51.2 Å². The van der Waals surface area contributed by atoms with E-state index in [2.05, 4.69) is 58.3 Å². The van der Waals surface area contributed by atoms with Gasteiger partial charge in [0.1, 0.15) is 0 Å². The third-order valence-corrected chi connectivity index (χ3v) is 12.7. The maximum Gasteiger partial charge on any atom is 0.232 e. The molecular formula is C65H89N7O5S. The van der Waals surface area contributed by atoms with Gasteiger partial charge >= 0.3 is 0 Å². The Kier molecular flexibility index (Phi) is 23.4. The van der Waals surface area contributed by atoms with Gasteiger partial charge in [-0.25, -0.2) is 0 Å². The monoisotopic (exact) mass is 1080 g/mol. The normalized spacial score (nSPS) is 11.5. The molecule has 0 saturated carbocycles. The maximum absolute atomic E-state index is 12.1. The first kappa shape index (κ1) is 65.2. The van der Waals surface area contributed by atoms with Gasteiger partial charge in [0.05, 0.1) is 5.00 Å². The number of hydrogen-bond donors (Lipinski definition) is 4. The standard InChI is InChI=1S/C15H18N2O.C14H18N2O.C13H19NO.C12H19NOS.C11H15NO/c1-10-7-11-9-16-6-5-12(11)13(8-10)17-14(18)15(2,3)4;1-14(2,3)13(17)15-11-6-5-10-7-8-16(4)12(10)9-11;1-5-14(12(15)13(2,3)4)11-9-7-6-8-10-11;1-8(2)9-6-7-15-10(9)13-11(14)12(3,4)5;1-11(2,3)10(13)12-9-7-5-4-6-8-9/h5-9H,1-4H3,(H,17,18);5-9H,1-4H3,(H,15,17);6-10H,5H2,1-4H3;6-8H,1-5H3,(H,13,14);4-8H,1-3H3,(H,12,13). The van der Waals surface area contributed by atoms with Crippen LogP contribution in [0.3, 0.4) is 0 Å². The number of fused-ring (bicyclic) bond motifs is 2. The van der Waals surface area contributed by atoms with E-state index in [1.165, 1.54) is 10.9 Å². The minimum absolute atomic E-state index is 0.0196. The van der Waals surface area contributed by atoms with E-state index in [1.54, 1.807) is 17.5 Å². The lowest BCUT2D eigenvalue weighted by atomic mass is 9.94. The van der Waals surface area contributed by atoms with Gasteiger partial charge in [0.25, 0.3) is 0 Å². The van der Waals surface area contributed by atoms with Crippen LogP contribution in [0.2, 0.25) is 0 Å². The number of carbonyl (C=O) groups is 5. The number of aryl methyl sites for hydroxylation is 2. The molecule has 0 aliphatic carbocycles. The molecule has 13 heteroatoms. The van der Waals surface area contributed by atoms with Gasteiger partial charge in [0.2, 0.25) is 29.5 Å². The number of hydrogen-bond acceptors (Lipinski definition) is 7. The second kappa shape index (κ2) is 28.0. The molecule has 5 amide bonds. The highest BCUT2D eigenvalue weighted by Gasteiger charge is 2.28. The molecule has 0 saturated heterocycles. The van der Waals surface area contributed by atoms with E-state index < -0.39 is 5.41 Å². The first-order valence-corrected chi connectivity index (χ1v) is 27.6. The van der Waals surface area contributed by atoms with E-state index >= 15 is 0 Å². The van der Waals surface area contributed by atoms with E-state index in [0.717, 1.165) is 49.6 Å². The molecule has 4 aromatic carbocycles. The Morgan fingerprint density at radius 1 is 0.577 bits per heavy atom. The molecule has 0 atom stereocenters. The van der Waals surface area contributed by atoms with Crippen molar-refractivity contribution in [3.05, 3.63) is 144 Å². The first-order chi connectivity index (χ1) is 36.0. The zero-order valence-corrected chi connectivity index (χ0v) is 51.1. The van der Waals surface area contributed by atoms with Crippen LogP contribution in [0.4, 0.5) is 27.8 Å². The SMILES string of the molecule is CC(C)(C)C(=O)Nc1ccccc1.CC(C)c1ccsc1NC(=O)C(C)(C)C.CCN(C(=O)C(C)(C)C)c1ccccc1.Cc1cc(NC(=O)C(C)(C)C)c2ccncc2c1.Cn1ccc2ccc(NC(=O)C(C)(C)C)cc21. The van der Waals surface area contributed by atoms with Crippen LogP contribution in [0.1, 0.15) is 142 Å². The predicted molar refractivity (Wildman–Crippen MR) is 331 cm³/mol. The fraction of sp³-hybridized carbons (Fsp3) is 0.415. The number of nitrogens with one attached hydrogen (secondary N) is 4. The molecule has 0 fully saturated rings. The van der Waals surface area contributed by atoms with E-state index in [9.17, 15) is 24.0 Å². The van der Waals surface area contributed by atoms with Gasteiger partial charge in [-0.15, -0.1) is 11.3 Å². The van der Waals surface area contributed by atoms with Gasteiger partial charge in [0, 0.05) is 98.3 Å². The molecule has 0 bridgehead atoms. The molecule has 3 aromatic heterocycles. The van der Waals surface area contributed by atoms with Crippen LogP contribution in [0.5, 0.6) is 0 Å². The Morgan fingerprint density at radius 3 is 1.60 bits per heavy atom. The smallest absolute Gasteiger partial charge is 0.232 e. The lowest BCUT2D eigenvalue weighted by molar-refractivity contribution is -0.126. The van der Waals surface area contributed by atoms with Crippen LogP contribution >= 0.6 is 11.3 Å². The van der Waals surface area contributed by atoms with Crippen molar-refractivity contribution in [2.24, 2.45) is 34.1 Å². The third kappa shape index (κ3) is 20.7. The third-order valence-electron chi connectivity index (χ3n) is 11.9. The molecule has 0 radical (unpaired) electrons. The number of pyridine rings is 1. The predicted octanol–water partition coefficient (Wildman–Crippen LogP) is 16.3. The summed E-state index contributed by atoms with van der Waals surface area (Å²) in [5.41, 5.74) is 5.20. The Bertz CT molecular complexity index is 3070. The fourth-order valence-electron chi connectivity index (χ4n) is 6.89. The molecule has 0 unspecified atom stereocenters. The Hall–Kier alpha value is -7.12. The van der Waals surface area contributed by atoms with Crippen LogP contribution < -0.4 is 26.2 Å². The number of thiophene rings is 1. The van der Waals surface area contributed by atoms with Crippen LogP contribution in [0.15, 0.2) is 133 Å². The fourth-order valence-corrected chi connectivity index (χ4v) is 7.84. The number of benzene rings is 4. The number of rotatable bonds is 7. The number of anilines is 5. The topological polar surface area (TPSA) is 155 Å². The molecule has 4 N–H and O–H groups in total. The zero-order chi connectivity index (χ0) is 59.0. The molecule has 0 spiro atoms. The quantitative estimate of drug-likeness (QED) is 0.125. The Labute approximate surface area is 470 Å². The average molecular weight is 1080 g/mol. The summed E-state index contributed by atoms with van der Waals surface area (Å²) in [7, 11) is 2.00. The van der Waals surface area contributed by atoms with Crippen molar-refractivity contribution in [1.29, 1.82) is 0 Å². The summed E-state index contributed by atoms with van der Waals surface area (Å²) in [5.74, 6) is 0.783. The molecule has 0 aliphatic heterocycles. The average Bonchev–Trinajstić information content (AvgIpc) is 3.98. The largest absolute Gasteiger partial charge is 0.350 e. The summed E-state index contributed by atoms with van der Waals surface area (Å²) in [5, 5.41) is 18.0. The zero-order valence-electron chi connectivity index (χ0n) is 50.3. The Morgan fingerprint density at radius 2 is 1.09 bits per heavy atom. The molecular weight excluding hydrogens is 991 g/mol. The minimum Gasteiger partial charge on any atom is -0.350 e. The molecule has 7 aromatic rings. The molecule has 12 nitrogen and oxygen atoms in total. The van der Waals surface area contributed by atoms with Crippen molar-refractivity contribution in [2.45, 2.75) is 137 Å². The number of nitrogens with zero attached hydrogens (tertiary/aromatic N) is 3. The summed E-state index contributed by atoms with van der Waals surface area (Å²) in [6.07, 6.45) is 5.57.